The molecule has 2 N–H and O–H groups in total. The number of fused-ring (bicyclic) bond motifs is 1. The number of H-pyrrole nitrogens is 1. The maximum absolute atomic E-state index is 13.1. The minimum atomic E-state index is -4.61. The minimum Gasteiger partial charge on any atom is -0.366 e. The van der Waals surface area contributed by atoms with Gasteiger partial charge in [-0.05, 0) is 32.9 Å². The first-order valence-corrected chi connectivity index (χ1v) is 8.41. The standard InChI is InChI=1S/C16H23F3N6/c1-10-5-4-6-15(7-10,25(2)3)8-20-12-11-13(22-9-21-11)24-14(23-12)16(17,18)19/h9-10H,4-8H2,1-3H3,(H2,20,21,22,23,24). The number of rotatable bonds is 4. The van der Waals surface area contributed by atoms with Crippen LogP contribution in [0.4, 0.5) is 19.0 Å². The molecule has 2 aromatic heterocycles. The van der Waals surface area contributed by atoms with Crippen LogP contribution in [0.25, 0.3) is 11.2 Å². The van der Waals surface area contributed by atoms with Gasteiger partial charge in [0.25, 0.3) is 0 Å². The Morgan fingerprint density at radius 1 is 1.36 bits per heavy atom. The van der Waals surface area contributed by atoms with Crippen LogP contribution in [0.3, 0.4) is 0 Å². The van der Waals surface area contributed by atoms with Gasteiger partial charge >= 0.3 is 6.18 Å². The van der Waals surface area contributed by atoms with Gasteiger partial charge in [0, 0.05) is 12.1 Å². The topological polar surface area (TPSA) is 69.7 Å². The van der Waals surface area contributed by atoms with Crippen LogP contribution < -0.4 is 5.32 Å². The van der Waals surface area contributed by atoms with E-state index in [-0.39, 0.29) is 17.0 Å². The molecule has 0 saturated heterocycles. The van der Waals surface area contributed by atoms with Gasteiger partial charge in [0.2, 0.25) is 5.82 Å². The number of hydrogen-bond acceptors (Lipinski definition) is 5. The van der Waals surface area contributed by atoms with Crippen molar-refractivity contribution in [2.75, 3.05) is 26.0 Å². The summed E-state index contributed by atoms with van der Waals surface area (Å²) in [5.74, 6) is -0.443. The second-order valence-corrected chi connectivity index (χ2v) is 7.17. The summed E-state index contributed by atoms with van der Waals surface area (Å²) >= 11 is 0. The minimum absolute atomic E-state index is 0.0146. The molecular formula is C16H23F3N6. The normalized spacial score (nSPS) is 24.8. The molecule has 1 aliphatic carbocycles. The molecule has 2 atom stereocenters. The zero-order chi connectivity index (χ0) is 18.2. The Labute approximate surface area is 144 Å². The maximum atomic E-state index is 13.1. The molecule has 138 valence electrons. The molecule has 0 aliphatic heterocycles. The van der Waals surface area contributed by atoms with Crippen LogP contribution in [0.2, 0.25) is 0 Å². The molecule has 1 aliphatic rings. The van der Waals surface area contributed by atoms with E-state index in [0.29, 0.717) is 18.0 Å². The highest BCUT2D eigenvalue weighted by molar-refractivity contribution is 5.82. The number of nitrogens with one attached hydrogen (secondary N) is 2. The summed E-state index contributed by atoms with van der Waals surface area (Å²) in [7, 11) is 4.04. The van der Waals surface area contributed by atoms with Crippen molar-refractivity contribution in [1.29, 1.82) is 0 Å². The second-order valence-electron chi connectivity index (χ2n) is 7.17. The van der Waals surface area contributed by atoms with E-state index in [4.69, 9.17) is 0 Å². The number of hydrogen-bond donors (Lipinski definition) is 2. The maximum Gasteiger partial charge on any atom is 0.451 e. The molecule has 1 fully saturated rings. The highest BCUT2D eigenvalue weighted by atomic mass is 19.4. The van der Waals surface area contributed by atoms with Crippen LogP contribution in [-0.2, 0) is 6.18 Å². The predicted molar refractivity (Wildman–Crippen MR) is 89.2 cm³/mol. The molecule has 0 aromatic carbocycles. The van der Waals surface area contributed by atoms with Crippen molar-refractivity contribution in [2.24, 2.45) is 5.92 Å². The van der Waals surface area contributed by atoms with E-state index in [2.05, 4.69) is 37.1 Å². The lowest BCUT2D eigenvalue weighted by atomic mass is 9.75. The van der Waals surface area contributed by atoms with Crippen molar-refractivity contribution in [3.05, 3.63) is 12.2 Å². The molecule has 0 bridgehead atoms. The SMILES string of the molecule is CC1CCCC(CNc2nc(C(F)(F)F)nc3nc[nH]c23)(N(C)C)C1. The van der Waals surface area contributed by atoms with Gasteiger partial charge in [0.15, 0.2) is 11.5 Å². The Balaban J connectivity index is 1.90. The fraction of sp³-hybridized carbons (Fsp3) is 0.688. The lowest BCUT2D eigenvalue weighted by molar-refractivity contribution is -0.144. The van der Waals surface area contributed by atoms with Crippen molar-refractivity contribution in [2.45, 2.75) is 44.3 Å². The molecule has 6 nitrogen and oxygen atoms in total. The van der Waals surface area contributed by atoms with Crippen molar-refractivity contribution in [3.8, 4) is 0 Å². The number of alkyl halides is 3. The molecule has 2 aromatic rings. The third-order valence-corrected chi connectivity index (χ3v) is 5.14. The van der Waals surface area contributed by atoms with Gasteiger partial charge in [-0.2, -0.15) is 13.2 Å². The summed E-state index contributed by atoms with van der Waals surface area (Å²) in [6.45, 7) is 2.74. The van der Waals surface area contributed by atoms with Crippen LogP contribution in [0.15, 0.2) is 6.33 Å². The predicted octanol–water partition coefficient (Wildman–Crippen LogP) is 3.29. The van der Waals surface area contributed by atoms with E-state index in [1.165, 1.54) is 12.7 Å². The smallest absolute Gasteiger partial charge is 0.366 e. The summed E-state index contributed by atoms with van der Waals surface area (Å²) in [6, 6.07) is 0. The number of imidazole rings is 1. The summed E-state index contributed by atoms with van der Waals surface area (Å²) in [5.41, 5.74) is 0.305. The van der Waals surface area contributed by atoms with Crippen LogP contribution in [0.5, 0.6) is 0 Å². The largest absolute Gasteiger partial charge is 0.451 e. The molecule has 0 radical (unpaired) electrons. The lowest BCUT2D eigenvalue weighted by Crippen LogP contribution is -2.52. The molecule has 2 unspecified atom stereocenters. The van der Waals surface area contributed by atoms with E-state index in [1.807, 2.05) is 14.1 Å². The monoisotopic (exact) mass is 356 g/mol. The number of likely N-dealkylation sites (N-methyl/N-ethyl adjacent to an activating group) is 1. The summed E-state index contributed by atoms with van der Waals surface area (Å²) < 4.78 is 39.2. The number of aromatic nitrogens is 4. The molecular weight excluding hydrogens is 333 g/mol. The van der Waals surface area contributed by atoms with Gasteiger partial charge in [-0.1, -0.05) is 19.8 Å². The summed E-state index contributed by atoms with van der Waals surface area (Å²) in [5, 5.41) is 3.13. The van der Waals surface area contributed by atoms with Crippen LogP contribution in [-0.4, -0.2) is 51.0 Å². The fourth-order valence-corrected chi connectivity index (χ4v) is 3.69. The first-order valence-electron chi connectivity index (χ1n) is 8.41. The highest BCUT2D eigenvalue weighted by Gasteiger charge is 2.38. The summed E-state index contributed by atoms with van der Waals surface area (Å²) in [6.07, 6.45) is 1.01. The van der Waals surface area contributed by atoms with Gasteiger partial charge in [-0.25, -0.2) is 15.0 Å². The molecule has 0 spiro atoms. The zero-order valence-corrected chi connectivity index (χ0v) is 14.6. The van der Waals surface area contributed by atoms with Crippen LogP contribution in [0.1, 0.15) is 38.4 Å². The van der Waals surface area contributed by atoms with E-state index >= 15 is 0 Å². The van der Waals surface area contributed by atoms with Crippen molar-refractivity contribution >= 4 is 17.0 Å². The van der Waals surface area contributed by atoms with Gasteiger partial charge in [-0.15, -0.1) is 0 Å². The fourth-order valence-electron chi connectivity index (χ4n) is 3.69. The average molecular weight is 356 g/mol. The van der Waals surface area contributed by atoms with Crippen molar-refractivity contribution < 1.29 is 13.2 Å². The van der Waals surface area contributed by atoms with Crippen LogP contribution in [0, 0.1) is 5.92 Å². The number of halogens is 3. The Kier molecular flexibility index (Phi) is 4.61. The average Bonchev–Trinajstić information content (AvgIpc) is 3.00. The first kappa shape index (κ1) is 17.9. The summed E-state index contributed by atoms with van der Waals surface area (Å²) in [4.78, 5) is 16.1. The molecule has 25 heavy (non-hydrogen) atoms. The van der Waals surface area contributed by atoms with E-state index in [9.17, 15) is 13.2 Å². The Morgan fingerprint density at radius 2 is 2.12 bits per heavy atom. The number of anilines is 1. The van der Waals surface area contributed by atoms with E-state index in [1.54, 1.807) is 0 Å². The van der Waals surface area contributed by atoms with Gasteiger partial charge < -0.3 is 15.2 Å². The van der Waals surface area contributed by atoms with E-state index in [0.717, 1.165) is 19.3 Å². The van der Waals surface area contributed by atoms with E-state index < -0.39 is 12.0 Å². The molecule has 2 heterocycles. The molecule has 0 amide bonds. The molecule has 1 saturated carbocycles. The molecule has 9 heteroatoms. The van der Waals surface area contributed by atoms with Gasteiger partial charge in [0.05, 0.1) is 6.33 Å². The quantitative estimate of drug-likeness (QED) is 0.880. The van der Waals surface area contributed by atoms with Crippen molar-refractivity contribution in [3.63, 3.8) is 0 Å². The Hall–Kier alpha value is -1.90. The molecule has 3 rings (SSSR count). The third-order valence-electron chi connectivity index (χ3n) is 5.14. The number of nitrogens with zero attached hydrogens (tertiary/aromatic N) is 4. The Bertz CT molecular complexity index is 741. The van der Waals surface area contributed by atoms with Crippen molar-refractivity contribution in [1.82, 2.24) is 24.8 Å². The zero-order valence-electron chi connectivity index (χ0n) is 14.6. The van der Waals surface area contributed by atoms with Crippen LogP contribution >= 0.6 is 0 Å². The second kappa shape index (κ2) is 6.44. The van der Waals surface area contributed by atoms with Gasteiger partial charge in [-0.3, -0.25) is 0 Å². The lowest BCUT2D eigenvalue weighted by Gasteiger charge is -2.45. The number of aromatic amines is 1. The van der Waals surface area contributed by atoms with Gasteiger partial charge in [0.1, 0.15) is 5.52 Å². The highest BCUT2D eigenvalue weighted by Crippen LogP contribution is 2.36. The third kappa shape index (κ3) is 3.56. The Morgan fingerprint density at radius 3 is 2.76 bits per heavy atom. The first-order chi connectivity index (χ1) is 11.7.